The molecule has 2 N–H and O–H groups in total. The molecule has 0 spiro atoms. The minimum atomic E-state index is -0.452. The molecule has 1 aromatic heterocycles. The van der Waals surface area contributed by atoms with Gasteiger partial charge in [0.1, 0.15) is 11.6 Å². The molecule has 0 amide bonds. The molecule has 0 unspecified atom stereocenters. The van der Waals surface area contributed by atoms with Crippen LogP contribution in [0, 0.1) is 5.82 Å². The third kappa shape index (κ3) is 1.79. The second kappa shape index (κ2) is 4.19. The van der Waals surface area contributed by atoms with E-state index in [0.717, 1.165) is 0 Å². The first-order valence-electron chi connectivity index (χ1n) is 4.67. The number of hydrogen-bond acceptors (Lipinski definition) is 3. The van der Waals surface area contributed by atoms with Gasteiger partial charge in [-0.05, 0) is 18.2 Å². The summed E-state index contributed by atoms with van der Waals surface area (Å²) >= 11 is 5.70. The Bertz CT molecular complexity index is 524. The van der Waals surface area contributed by atoms with Crippen molar-refractivity contribution in [1.29, 1.82) is 0 Å². The van der Waals surface area contributed by atoms with Gasteiger partial charge in [0, 0.05) is 12.6 Å². The summed E-state index contributed by atoms with van der Waals surface area (Å²) in [5.41, 5.74) is 6.20. The van der Waals surface area contributed by atoms with Crippen LogP contribution in [-0.2, 0) is 13.6 Å². The number of halogens is 2. The quantitative estimate of drug-likeness (QED) is 0.870. The molecule has 0 radical (unpaired) electrons. The number of rotatable bonds is 2. The second-order valence-corrected chi connectivity index (χ2v) is 3.74. The van der Waals surface area contributed by atoms with E-state index in [1.807, 2.05) is 0 Å². The third-order valence-corrected chi connectivity index (χ3v) is 2.62. The highest BCUT2D eigenvalue weighted by Gasteiger charge is 2.11. The summed E-state index contributed by atoms with van der Waals surface area (Å²) in [6.07, 6.45) is 0. The third-order valence-electron chi connectivity index (χ3n) is 2.33. The Labute approximate surface area is 96.9 Å². The van der Waals surface area contributed by atoms with Crippen molar-refractivity contribution in [2.75, 3.05) is 0 Å². The van der Waals surface area contributed by atoms with E-state index >= 15 is 0 Å². The summed E-state index contributed by atoms with van der Waals surface area (Å²) in [4.78, 5) is 0. The predicted molar refractivity (Wildman–Crippen MR) is 59.3 cm³/mol. The Morgan fingerprint density at radius 1 is 1.44 bits per heavy atom. The molecule has 0 atom stereocenters. The van der Waals surface area contributed by atoms with E-state index in [0.29, 0.717) is 23.8 Å². The number of nitrogens with zero attached hydrogens (tertiary/aromatic N) is 3. The van der Waals surface area contributed by atoms with Gasteiger partial charge >= 0.3 is 0 Å². The molecule has 0 fully saturated rings. The minimum Gasteiger partial charge on any atom is -0.324 e. The van der Waals surface area contributed by atoms with Gasteiger partial charge in [0.05, 0.1) is 11.6 Å². The van der Waals surface area contributed by atoms with E-state index in [2.05, 4.69) is 10.2 Å². The van der Waals surface area contributed by atoms with Crippen molar-refractivity contribution in [3.63, 3.8) is 0 Å². The number of nitrogens with two attached hydrogens (primary N) is 1. The lowest BCUT2D eigenvalue weighted by Crippen LogP contribution is -2.05. The van der Waals surface area contributed by atoms with Crippen molar-refractivity contribution in [3.05, 3.63) is 34.9 Å². The average molecular weight is 241 g/mol. The molecule has 2 aromatic rings. The van der Waals surface area contributed by atoms with Gasteiger partial charge in [-0.3, -0.25) is 0 Å². The number of hydrogen-bond donors (Lipinski definition) is 1. The largest absolute Gasteiger partial charge is 0.324 e. The number of aromatic nitrogens is 3. The zero-order valence-corrected chi connectivity index (χ0v) is 9.37. The van der Waals surface area contributed by atoms with Crippen LogP contribution in [0.5, 0.6) is 0 Å². The van der Waals surface area contributed by atoms with Gasteiger partial charge < -0.3 is 10.3 Å². The van der Waals surface area contributed by atoms with Crippen molar-refractivity contribution in [2.45, 2.75) is 6.54 Å². The van der Waals surface area contributed by atoms with Crippen LogP contribution in [0.2, 0.25) is 5.02 Å². The average Bonchev–Trinajstić information content (AvgIpc) is 2.64. The molecule has 0 aliphatic heterocycles. The summed E-state index contributed by atoms with van der Waals surface area (Å²) < 4.78 is 14.7. The predicted octanol–water partition coefficient (Wildman–Crippen LogP) is 1.73. The van der Waals surface area contributed by atoms with E-state index in [1.54, 1.807) is 17.7 Å². The van der Waals surface area contributed by atoms with Crippen LogP contribution >= 0.6 is 11.6 Å². The lowest BCUT2D eigenvalue weighted by molar-refractivity contribution is 0.628. The summed E-state index contributed by atoms with van der Waals surface area (Å²) in [7, 11) is 1.80. The van der Waals surface area contributed by atoms with Crippen molar-refractivity contribution in [2.24, 2.45) is 12.8 Å². The fraction of sp³-hybridized carbons (Fsp3) is 0.200. The van der Waals surface area contributed by atoms with Crippen LogP contribution in [0.4, 0.5) is 4.39 Å². The molecule has 1 heterocycles. The Morgan fingerprint density at radius 2 is 2.19 bits per heavy atom. The molecule has 16 heavy (non-hydrogen) atoms. The van der Waals surface area contributed by atoms with Crippen LogP contribution < -0.4 is 5.73 Å². The molecule has 0 saturated heterocycles. The van der Waals surface area contributed by atoms with E-state index < -0.39 is 5.82 Å². The zero-order chi connectivity index (χ0) is 11.7. The van der Waals surface area contributed by atoms with Crippen LogP contribution in [-0.4, -0.2) is 14.8 Å². The van der Waals surface area contributed by atoms with Crippen LogP contribution in [0.1, 0.15) is 5.82 Å². The summed E-state index contributed by atoms with van der Waals surface area (Å²) in [6, 6.07) is 4.42. The lowest BCUT2D eigenvalue weighted by atomic mass is 10.2. The summed E-state index contributed by atoms with van der Waals surface area (Å²) in [6.45, 7) is 0.304. The van der Waals surface area contributed by atoms with E-state index in [9.17, 15) is 4.39 Å². The molecule has 0 saturated carbocycles. The first kappa shape index (κ1) is 11.0. The van der Waals surface area contributed by atoms with Gasteiger partial charge in [-0.2, -0.15) is 0 Å². The molecule has 6 heteroatoms. The summed E-state index contributed by atoms with van der Waals surface area (Å²) in [5, 5.41) is 7.96. The van der Waals surface area contributed by atoms with E-state index in [-0.39, 0.29) is 5.02 Å². The highest BCUT2D eigenvalue weighted by Crippen LogP contribution is 2.23. The topological polar surface area (TPSA) is 56.7 Å². The summed E-state index contributed by atoms with van der Waals surface area (Å²) in [5.74, 6) is 0.824. The lowest BCUT2D eigenvalue weighted by Gasteiger charge is -2.03. The fourth-order valence-corrected chi connectivity index (χ4v) is 1.61. The zero-order valence-electron chi connectivity index (χ0n) is 8.61. The van der Waals surface area contributed by atoms with Crippen molar-refractivity contribution < 1.29 is 4.39 Å². The maximum atomic E-state index is 13.0. The second-order valence-electron chi connectivity index (χ2n) is 3.33. The smallest absolute Gasteiger partial charge is 0.163 e. The molecular weight excluding hydrogens is 231 g/mol. The molecule has 0 bridgehead atoms. The van der Waals surface area contributed by atoms with Gasteiger partial charge in [0.15, 0.2) is 5.82 Å². The van der Waals surface area contributed by atoms with Crippen molar-refractivity contribution >= 4 is 11.6 Å². The van der Waals surface area contributed by atoms with Crippen molar-refractivity contribution in [3.8, 4) is 11.4 Å². The fourth-order valence-electron chi connectivity index (χ4n) is 1.43. The van der Waals surface area contributed by atoms with Gasteiger partial charge in [0.2, 0.25) is 0 Å². The van der Waals surface area contributed by atoms with Gasteiger partial charge in [-0.15, -0.1) is 10.2 Å². The Kier molecular flexibility index (Phi) is 2.89. The molecule has 84 valence electrons. The molecular formula is C10H10ClFN4. The Hall–Kier alpha value is -1.46. The first-order valence-corrected chi connectivity index (χ1v) is 5.05. The highest BCUT2D eigenvalue weighted by molar-refractivity contribution is 6.31. The SMILES string of the molecule is Cn1c(CN)nnc1-c1ccc(F)c(Cl)c1. The Balaban J connectivity index is 2.50. The standard InChI is InChI=1S/C10H10ClFN4/c1-16-9(5-13)14-15-10(16)6-2-3-8(12)7(11)4-6/h2-4H,5,13H2,1H3. The molecule has 0 aliphatic rings. The van der Waals surface area contributed by atoms with Crippen LogP contribution in [0.25, 0.3) is 11.4 Å². The maximum absolute atomic E-state index is 13.0. The molecule has 0 aliphatic carbocycles. The van der Waals surface area contributed by atoms with Gasteiger partial charge in [-0.25, -0.2) is 4.39 Å². The van der Waals surface area contributed by atoms with E-state index in [1.165, 1.54) is 12.1 Å². The molecule has 2 rings (SSSR count). The van der Waals surface area contributed by atoms with Gasteiger partial charge in [0.25, 0.3) is 0 Å². The van der Waals surface area contributed by atoms with Gasteiger partial charge in [-0.1, -0.05) is 11.6 Å². The van der Waals surface area contributed by atoms with E-state index in [4.69, 9.17) is 17.3 Å². The first-order chi connectivity index (χ1) is 7.63. The maximum Gasteiger partial charge on any atom is 0.163 e. The minimum absolute atomic E-state index is 0.0646. The van der Waals surface area contributed by atoms with Crippen LogP contribution in [0.3, 0.4) is 0 Å². The van der Waals surface area contributed by atoms with Crippen LogP contribution in [0.15, 0.2) is 18.2 Å². The molecule has 1 aromatic carbocycles. The molecule has 4 nitrogen and oxygen atoms in total. The Morgan fingerprint density at radius 3 is 2.75 bits per heavy atom. The normalized spacial score (nSPS) is 10.8. The monoisotopic (exact) mass is 240 g/mol. The highest BCUT2D eigenvalue weighted by atomic mass is 35.5. The number of benzene rings is 1. The van der Waals surface area contributed by atoms with Crippen molar-refractivity contribution in [1.82, 2.24) is 14.8 Å².